The lowest BCUT2D eigenvalue weighted by Crippen LogP contribution is -2.39. The molecule has 1 aromatic heterocycles. The fraction of sp³-hybridized carbons (Fsp3) is 0.444. The van der Waals surface area contributed by atoms with Crippen molar-refractivity contribution in [3.05, 3.63) is 36.2 Å². The maximum absolute atomic E-state index is 12.3. The number of benzene rings is 1. The molecule has 0 radical (unpaired) electrons. The van der Waals surface area contributed by atoms with Crippen molar-refractivity contribution in [1.82, 2.24) is 15.0 Å². The summed E-state index contributed by atoms with van der Waals surface area (Å²) < 4.78 is 5.42. The van der Waals surface area contributed by atoms with Crippen LogP contribution in [0.25, 0.3) is 11.4 Å². The first kappa shape index (κ1) is 15.8. The van der Waals surface area contributed by atoms with Gasteiger partial charge in [-0.3, -0.25) is 9.59 Å². The summed E-state index contributed by atoms with van der Waals surface area (Å²) in [5, 5.41) is 13.0. The van der Waals surface area contributed by atoms with E-state index >= 15 is 0 Å². The van der Waals surface area contributed by atoms with Gasteiger partial charge >= 0.3 is 5.97 Å². The highest BCUT2D eigenvalue weighted by Gasteiger charge is 2.50. The number of amides is 1. The Morgan fingerprint density at radius 2 is 1.84 bits per heavy atom. The van der Waals surface area contributed by atoms with Gasteiger partial charge in [-0.05, 0) is 19.3 Å². The van der Waals surface area contributed by atoms with E-state index in [0.717, 1.165) is 18.4 Å². The van der Waals surface area contributed by atoms with E-state index in [-0.39, 0.29) is 17.7 Å². The summed E-state index contributed by atoms with van der Waals surface area (Å²) in [6, 6.07) is 9.66. The van der Waals surface area contributed by atoms with Gasteiger partial charge in [-0.15, -0.1) is 0 Å². The number of rotatable bonds is 4. The lowest BCUT2D eigenvalue weighted by atomic mass is 9.96. The molecule has 1 amide bonds. The highest BCUT2D eigenvalue weighted by atomic mass is 16.5. The minimum atomic E-state index is -0.868. The van der Waals surface area contributed by atoms with E-state index in [1.54, 1.807) is 4.90 Å². The highest BCUT2D eigenvalue weighted by Crippen LogP contribution is 2.41. The Morgan fingerprint density at radius 1 is 1.12 bits per heavy atom. The number of carbonyl (C=O) groups is 2. The van der Waals surface area contributed by atoms with Crippen molar-refractivity contribution in [2.24, 2.45) is 11.8 Å². The molecule has 2 atom stereocenters. The van der Waals surface area contributed by atoms with Crippen molar-refractivity contribution in [2.75, 3.05) is 13.1 Å². The first-order chi connectivity index (χ1) is 12.1. The van der Waals surface area contributed by atoms with Crippen LogP contribution in [0.2, 0.25) is 0 Å². The average Bonchev–Trinajstić information content (AvgIpc) is 3.31. The van der Waals surface area contributed by atoms with E-state index in [9.17, 15) is 9.59 Å². The lowest BCUT2D eigenvalue weighted by Gasteiger charge is -2.30. The molecule has 0 spiro atoms. The first-order valence-electron chi connectivity index (χ1n) is 8.54. The van der Waals surface area contributed by atoms with Crippen LogP contribution >= 0.6 is 0 Å². The number of hydrogen-bond acceptors (Lipinski definition) is 5. The van der Waals surface area contributed by atoms with Gasteiger partial charge in [0.25, 0.3) is 0 Å². The molecular formula is C18H19N3O4. The molecular weight excluding hydrogens is 322 g/mol. The zero-order valence-electron chi connectivity index (χ0n) is 13.7. The number of nitrogens with zero attached hydrogens (tertiary/aromatic N) is 3. The van der Waals surface area contributed by atoms with E-state index in [1.165, 1.54) is 0 Å². The normalized spacial score (nSPS) is 23.4. The largest absolute Gasteiger partial charge is 0.481 e. The van der Waals surface area contributed by atoms with E-state index < -0.39 is 11.9 Å². The Bertz CT molecular complexity index is 781. The fourth-order valence-electron chi connectivity index (χ4n) is 3.43. The summed E-state index contributed by atoms with van der Waals surface area (Å²) in [7, 11) is 0. The number of aromatic nitrogens is 2. The molecule has 2 aliphatic rings. The first-order valence-corrected chi connectivity index (χ1v) is 8.54. The summed E-state index contributed by atoms with van der Waals surface area (Å²) in [4.78, 5) is 29.5. The Kier molecular flexibility index (Phi) is 3.99. The maximum atomic E-state index is 12.3. The Hall–Kier alpha value is -2.70. The number of carboxylic acid groups (broad SMARTS) is 1. The Balaban J connectivity index is 1.36. The zero-order valence-corrected chi connectivity index (χ0v) is 13.7. The molecule has 130 valence electrons. The van der Waals surface area contributed by atoms with Crippen molar-refractivity contribution in [3.8, 4) is 11.4 Å². The second-order valence-corrected chi connectivity index (χ2v) is 6.71. The molecule has 1 aliphatic heterocycles. The Morgan fingerprint density at radius 3 is 2.48 bits per heavy atom. The highest BCUT2D eigenvalue weighted by molar-refractivity contribution is 5.89. The molecule has 2 aromatic rings. The van der Waals surface area contributed by atoms with Gasteiger partial charge in [-0.1, -0.05) is 35.5 Å². The molecule has 2 heterocycles. The van der Waals surface area contributed by atoms with Crippen LogP contribution in [0.4, 0.5) is 0 Å². The van der Waals surface area contributed by atoms with Gasteiger partial charge in [0.05, 0.1) is 11.8 Å². The molecule has 4 rings (SSSR count). The van der Waals surface area contributed by atoms with E-state index in [2.05, 4.69) is 10.1 Å². The van der Waals surface area contributed by atoms with Crippen LogP contribution in [0, 0.1) is 11.8 Å². The topological polar surface area (TPSA) is 96.5 Å². The monoisotopic (exact) mass is 341 g/mol. The van der Waals surface area contributed by atoms with Crippen molar-refractivity contribution >= 4 is 11.9 Å². The smallest absolute Gasteiger partial charge is 0.307 e. The molecule has 0 bridgehead atoms. The number of piperidine rings is 1. The van der Waals surface area contributed by atoms with Crippen molar-refractivity contribution in [2.45, 2.75) is 25.2 Å². The van der Waals surface area contributed by atoms with Gasteiger partial charge in [0.15, 0.2) is 0 Å². The van der Waals surface area contributed by atoms with Crippen LogP contribution in [0.3, 0.4) is 0 Å². The van der Waals surface area contributed by atoms with Crippen LogP contribution in [-0.4, -0.2) is 45.1 Å². The third-order valence-corrected chi connectivity index (χ3v) is 5.05. The van der Waals surface area contributed by atoms with Gasteiger partial charge in [0.2, 0.25) is 17.6 Å². The molecule has 0 unspecified atom stereocenters. The van der Waals surface area contributed by atoms with Gasteiger partial charge in [-0.2, -0.15) is 4.98 Å². The summed E-state index contributed by atoms with van der Waals surface area (Å²) in [5.74, 6) is -0.383. The number of carboxylic acids is 1. The van der Waals surface area contributed by atoms with Gasteiger partial charge < -0.3 is 14.5 Å². The zero-order chi connectivity index (χ0) is 17.4. The predicted octanol–water partition coefficient (Wildman–Crippen LogP) is 2.16. The fourth-order valence-corrected chi connectivity index (χ4v) is 3.43. The predicted molar refractivity (Wildman–Crippen MR) is 87.5 cm³/mol. The molecule has 1 saturated heterocycles. The number of hydrogen-bond donors (Lipinski definition) is 1. The van der Waals surface area contributed by atoms with Crippen LogP contribution in [0.15, 0.2) is 34.9 Å². The standard InChI is InChI=1S/C18H19N3O4/c22-17(13-10-14(13)18(23)24)21-8-6-12(7-9-21)16-19-15(20-25-16)11-4-2-1-3-5-11/h1-5,12-14H,6-10H2,(H,23,24)/t13-,14-/m0/s1. The molecule has 25 heavy (non-hydrogen) atoms. The molecule has 1 aliphatic carbocycles. The average molecular weight is 341 g/mol. The SMILES string of the molecule is O=C(O)[C@H]1C[C@@H]1C(=O)N1CCC(c2nc(-c3ccccc3)no2)CC1. The number of likely N-dealkylation sites (tertiary alicyclic amines) is 1. The van der Waals surface area contributed by atoms with E-state index in [0.29, 0.717) is 31.2 Å². The number of carbonyl (C=O) groups excluding carboxylic acids is 1. The van der Waals surface area contributed by atoms with Gasteiger partial charge in [0.1, 0.15) is 0 Å². The minimum Gasteiger partial charge on any atom is -0.481 e. The quantitative estimate of drug-likeness (QED) is 0.915. The second-order valence-electron chi connectivity index (χ2n) is 6.71. The molecule has 2 fully saturated rings. The summed E-state index contributed by atoms with van der Waals surface area (Å²) in [5.41, 5.74) is 0.915. The third-order valence-electron chi connectivity index (χ3n) is 5.05. The summed E-state index contributed by atoms with van der Waals surface area (Å²) in [6.07, 6.45) is 1.98. The van der Waals surface area contributed by atoms with Crippen molar-refractivity contribution in [3.63, 3.8) is 0 Å². The molecule has 1 saturated carbocycles. The van der Waals surface area contributed by atoms with E-state index in [4.69, 9.17) is 9.63 Å². The van der Waals surface area contributed by atoms with Crippen LogP contribution in [0.5, 0.6) is 0 Å². The molecule has 1 aromatic carbocycles. The van der Waals surface area contributed by atoms with Gasteiger partial charge in [-0.25, -0.2) is 0 Å². The minimum absolute atomic E-state index is 0.0265. The van der Waals surface area contributed by atoms with Crippen molar-refractivity contribution < 1.29 is 19.2 Å². The molecule has 1 N–H and O–H groups in total. The van der Waals surface area contributed by atoms with Crippen molar-refractivity contribution in [1.29, 1.82) is 0 Å². The second kappa shape index (κ2) is 6.31. The van der Waals surface area contributed by atoms with E-state index in [1.807, 2.05) is 30.3 Å². The number of aliphatic carboxylic acids is 1. The summed E-state index contributed by atoms with van der Waals surface area (Å²) >= 11 is 0. The molecule has 7 heteroatoms. The molecule has 7 nitrogen and oxygen atoms in total. The lowest BCUT2D eigenvalue weighted by molar-refractivity contribution is -0.142. The maximum Gasteiger partial charge on any atom is 0.307 e. The Labute approximate surface area is 144 Å². The third kappa shape index (κ3) is 3.14. The van der Waals surface area contributed by atoms with Gasteiger partial charge in [0, 0.05) is 24.6 Å². The van der Waals surface area contributed by atoms with Crippen LogP contribution in [0.1, 0.15) is 31.1 Å². The summed E-state index contributed by atoms with van der Waals surface area (Å²) in [6.45, 7) is 1.21. The van der Waals surface area contributed by atoms with Crippen LogP contribution in [-0.2, 0) is 9.59 Å². The van der Waals surface area contributed by atoms with Crippen LogP contribution < -0.4 is 0 Å².